The molecule has 0 radical (unpaired) electrons. The maximum absolute atomic E-state index is 11.8. The molecule has 1 aromatic carbocycles. The lowest BCUT2D eigenvalue weighted by atomic mass is 10.2. The van der Waals surface area contributed by atoms with E-state index < -0.39 is 6.67 Å². The molecule has 0 saturated heterocycles. The Morgan fingerprint density at radius 1 is 1.19 bits per heavy atom. The molecule has 90 valence electrons. The molecule has 0 aliphatic heterocycles. The molecular formula is C12H19FN2O. The highest BCUT2D eigenvalue weighted by molar-refractivity contribution is 5.46. The molecule has 0 aromatic heterocycles. The third-order valence-corrected chi connectivity index (χ3v) is 2.16. The van der Waals surface area contributed by atoms with Gasteiger partial charge in [0.2, 0.25) is 0 Å². The van der Waals surface area contributed by atoms with Crippen LogP contribution in [0.1, 0.15) is 12.8 Å². The summed E-state index contributed by atoms with van der Waals surface area (Å²) in [5, 5.41) is 3.28. The van der Waals surface area contributed by atoms with Gasteiger partial charge in [-0.3, -0.25) is 0 Å². The predicted octanol–water partition coefficient (Wildman–Crippen LogP) is 2.19. The highest BCUT2D eigenvalue weighted by Crippen LogP contribution is 2.15. The Balaban J connectivity index is 2.27. The lowest BCUT2D eigenvalue weighted by Gasteiger charge is -2.07. The number of ether oxygens (including phenoxy) is 1. The van der Waals surface area contributed by atoms with E-state index in [9.17, 15) is 4.39 Å². The zero-order valence-corrected chi connectivity index (χ0v) is 9.42. The van der Waals surface area contributed by atoms with Crippen LogP contribution in [0.3, 0.4) is 0 Å². The van der Waals surface area contributed by atoms with Gasteiger partial charge in [0.25, 0.3) is 0 Å². The van der Waals surface area contributed by atoms with Gasteiger partial charge in [-0.1, -0.05) is 0 Å². The predicted molar refractivity (Wildman–Crippen MR) is 64.7 cm³/mol. The first-order valence-electron chi connectivity index (χ1n) is 5.59. The van der Waals surface area contributed by atoms with Crippen LogP contribution in [0, 0.1) is 0 Å². The van der Waals surface area contributed by atoms with Crippen molar-refractivity contribution in [1.82, 2.24) is 0 Å². The fraction of sp³-hybridized carbons (Fsp3) is 0.500. The van der Waals surface area contributed by atoms with Gasteiger partial charge in [0.05, 0.1) is 0 Å². The van der Waals surface area contributed by atoms with Gasteiger partial charge in [-0.2, -0.15) is 0 Å². The summed E-state index contributed by atoms with van der Waals surface area (Å²) in [6.45, 7) is 1.31. The van der Waals surface area contributed by atoms with Gasteiger partial charge < -0.3 is 15.8 Å². The summed E-state index contributed by atoms with van der Waals surface area (Å²) in [5.74, 6) is 0.699. The normalized spacial score (nSPS) is 10.1. The van der Waals surface area contributed by atoms with E-state index in [2.05, 4.69) is 5.32 Å². The highest BCUT2D eigenvalue weighted by Gasteiger charge is 1.94. The Morgan fingerprint density at radius 2 is 1.94 bits per heavy atom. The van der Waals surface area contributed by atoms with Crippen LogP contribution in [0.4, 0.5) is 10.1 Å². The molecule has 0 atom stereocenters. The van der Waals surface area contributed by atoms with Crippen molar-refractivity contribution in [3.8, 4) is 5.75 Å². The second kappa shape index (κ2) is 7.93. The maximum Gasteiger partial charge on any atom is 0.123 e. The molecule has 0 saturated carbocycles. The summed E-state index contributed by atoms with van der Waals surface area (Å²) in [4.78, 5) is 0. The van der Waals surface area contributed by atoms with Crippen molar-refractivity contribution in [3.63, 3.8) is 0 Å². The second-order valence-electron chi connectivity index (χ2n) is 3.48. The van der Waals surface area contributed by atoms with E-state index in [0.717, 1.165) is 31.6 Å². The van der Waals surface area contributed by atoms with Crippen molar-refractivity contribution in [2.45, 2.75) is 12.8 Å². The van der Waals surface area contributed by atoms with Gasteiger partial charge in [-0.25, -0.2) is 4.39 Å². The average molecular weight is 226 g/mol. The van der Waals surface area contributed by atoms with Crippen LogP contribution in [0.5, 0.6) is 5.75 Å². The Kier molecular flexibility index (Phi) is 6.33. The number of rotatable bonds is 8. The van der Waals surface area contributed by atoms with Gasteiger partial charge in [0, 0.05) is 12.2 Å². The summed E-state index contributed by atoms with van der Waals surface area (Å²) in [5.41, 5.74) is 6.45. The van der Waals surface area contributed by atoms with Gasteiger partial charge in [-0.15, -0.1) is 0 Å². The van der Waals surface area contributed by atoms with Crippen LogP contribution in [0.15, 0.2) is 24.3 Å². The molecule has 0 unspecified atom stereocenters. The van der Waals surface area contributed by atoms with E-state index >= 15 is 0 Å². The van der Waals surface area contributed by atoms with Crippen molar-refractivity contribution < 1.29 is 9.13 Å². The zero-order chi connectivity index (χ0) is 11.6. The molecule has 16 heavy (non-hydrogen) atoms. The molecular weight excluding hydrogens is 207 g/mol. The summed E-state index contributed by atoms with van der Waals surface area (Å²) in [7, 11) is 0. The summed E-state index contributed by atoms with van der Waals surface area (Å²) >= 11 is 0. The molecule has 3 N–H and O–H groups in total. The Bertz CT molecular complexity index is 277. The maximum atomic E-state index is 11.8. The third-order valence-electron chi connectivity index (χ3n) is 2.16. The fourth-order valence-corrected chi connectivity index (χ4v) is 1.33. The van der Waals surface area contributed by atoms with E-state index in [1.54, 1.807) is 0 Å². The van der Waals surface area contributed by atoms with Gasteiger partial charge >= 0.3 is 0 Å². The Morgan fingerprint density at radius 3 is 2.56 bits per heavy atom. The minimum Gasteiger partial charge on any atom is -0.491 e. The highest BCUT2D eigenvalue weighted by atomic mass is 19.1. The Hall–Kier alpha value is -1.29. The minimum absolute atomic E-state index is 0.114. The van der Waals surface area contributed by atoms with Crippen LogP contribution < -0.4 is 15.8 Å². The number of hydrogen-bond acceptors (Lipinski definition) is 3. The SMILES string of the molecule is NCCCCNc1ccc(OCCF)cc1. The third kappa shape index (κ3) is 4.98. The smallest absolute Gasteiger partial charge is 0.123 e. The molecule has 3 nitrogen and oxygen atoms in total. The molecule has 4 heteroatoms. The van der Waals surface area contributed by atoms with E-state index in [0.29, 0.717) is 5.75 Å². The van der Waals surface area contributed by atoms with Crippen LogP contribution in [-0.4, -0.2) is 26.4 Å². The minimum atomic E-state index is -0.459. The molecule has 0 spiro atoms. The zero-order valence-electron chi connectivity index (χ0n) is 9.42. The first-order valence-corrected chi connectivity index (χ1v) is 5.59. The molecule has 1 aromatic rings. The molecule has 0 aliphatic rings. The van der Waals surface area contributed by atoms with Gasteiger partial charge in [-0.05, 0) is 43.7 Å². The van der Waals surface area contributed by atoms with Crippen LogP contribution >= 0.6 is 0 Å². The van der Waals surface area contributed by atoms with E-state index in [1.165, 1.54) is 0 Å². The quantitative estimate of drug-likeness (QED) is 0.668. The molecule has 0 aliphatic carbocycles. The number of unbranched alkanes of at least 4 members (excludes halogenated alkanes) is 1. The fourth-order valence-electron chi connectivity index (χ4n) is 1.33. The topological polar surface area (TPSA) is 47.3 Å². The van der Waals surface area contributed by atoms with Crippen molar-refractivity contribution in [2.24, 2.45) is 5.73 Å². The summed E-state index contributed by atoms with van der Waals surface area (Å²) < 4.78 is 17.0. The number of hydrogen-bond donors (Lipinski definition) is 2. The largest absolute Gasteiger partial charge is 0.491 e. The van der Waals surface area contributed by atoms with E-state index in [4.69, 9.17) is 10.5 Å². The average Bonchev–Trinajstić information content (AvgIpc) is 2.33. The van der Waals surface area contributed by atoms with Gasteiger partial charge in [0.15, 0.2) is 0 Å². The van der Waals surface area contributed by atoms with Crippen molar-refractivity contribution >= 4 is 5.69 Å². The number of alkyl halides is 1. The van der Waals surface area contributed by atoms with Crippen molar-refractivity contribution in [2.75, 3.05) is 31.7 Å². The standard InChI is InChI=1S/C12H19FN2O/c13-7-10-16-12-5-3-11(4-6-12)15-9-2-1-8-14/h3-6,15H,1-2,7-10,14H2. The Labute approximate surface area is 95.8 Å². The number of anilines is 1. The van der Waals surface area contributed by atoms with Crippen LogP contribution in [0.25, 0.3) is 0 Å². The summed E-state index contributed by atoms with van der Waals surface area (Å²) in [6.07, 6.45) is 2.10. The molecule has 0 amide bonds. The van der Waals surface area contributed by atoms with Crippen molar-refractivity contribution in [3.05, 3.63) is 24.3 Å². The second-order valence-corrected chi connectivity index (χ2v) is 3.48. The first-order chi connectivity index (χ1) is 7.86. The number of halogens is 1. The van der Waals surface area contributed by atoms with Crippen LogP contribution in [0.2, 0.25) is 0 Å². The summed E-state index contributed by atoms with van der Waals surface area (Å²) in [6, 6.07) is 7.52. The lowest BCUT2D eigenvalue weighted by molar-refractivity contribution is 0.273. The van der Waals surface area contributed by atoms with Gasteiger partial charge in [0.1, 0.15) is 19.0 Å². The lowest BCUT2D eigenvalue weighted by Crippen LogP contribution is -2.05. The van der Waals surface area contributed by atoms with E-state index in [-0.39, 0.29) is 6.61 Å². The first kappa shape index (κ1) is 12.8. The molecule has 0 fully saturated rings. The van der Waals surface area contributed by atoms with Crippen LogP contribution in [-0.2, 0) is 0 Å². The van der Waals surface area contributed by atoms with E-state index in [1.807, 2.05) is 24.3 Å². The molecule has 1 rings (SSSR count). The number of nitrogens with one attached hydrogen (secondary N) is 1. The monoisotopic (exact) mass is 226 g/mol. The number of nitrogens with two attached hydrogens (primary N) is 1. The number of benzene rings is 1. The molecule has 0 heterocycles. The molecule has 0 bridgehead atoms. The van der Waals surface area contributed by atoms with Crippen molar-refractivity contribution in [1.29, 1.82) is 0 Å².